The average Bonchev–Trinajstić information content (AvgIpc) is 2.00. The van der Waals surface area contributed by atoms with Gasteiger partial charge in [-0.25, -0.2) is 0 Å². The van der Waals surface area contributed by atoms with Crippen molar-refractivity contribution in [2.45, 2.75) is 65.8 Å². The summed E-state index contributed by atoms with van der Waals surface area (Å²) in [6.45, 7) is 9.65. The Hall–Kier alpha value is -0.570. The predicted molar refractivity (Wildman–Crippen MR) is 56.1 cm³/mol. The molecule has 14 heavy (non-hydrogen) atoms. The van der Waals surface area contributed by atoms with Crippen molar-refractivity contribution in [3.8, 4) is 0 Å². The third-order valence-electron chi connectivity index (χ3n) is 1.68. The van der Waals surface area contributed by atoms with Crippen molar-refractivity contribution in [3.05, 3.63) is 0 Å². The number of rotatable bonds is 6. The molecular formula is C11H22O3. The number of hydrogen-bond donors (Lipinski definition) is 0. The fourth-order valence-electron chi connectivity index (χ4n) is 1.17. The van der Waals surface area contributed by atoms with Crippen molar-refractivity contribution >= 4 is 5.97 Å². The largest absolute Gasteiger partial charge is 0.463 e. The third-order valence-corrected chi connectivity index (χ3v) is 1.68. The van der Waals surface area contributed by atoms with Gasteiger partial charge in [-0.15, -0.1) is 0 Å². The summed E-state index contributed by atoms with van der Waals surface area (Å²) in [6, 6.07) is 0. The topological polar surface area (TPSA) is 35.5 Å². The molecule has 0 unspecified atom stereocenters. The molecule has 0 spiro atoms. The maximum atomic E-state index is 11.3. The standard InChI is InChI=1S/C11H22O3/c1-6-10(13-8(2)3)7-11(12)14-9(4)5/h8-10H,6-7H2,1-5H3/t10-/m0/s1. The zero-order valence-corrected chi connectivity index (χ0v) is 9.87. The van der Waals surface area contributed by atoms with E-state index in [4.69, 9.17) is 9.47 Å². The lowest BCUT2D eigenvalue weighted by Crippen LogP contribution is -2.23. The maximum Gasteiger partial charge on any atom is 0.308 e. The SMILES string of the molecule is CC[C@@H](CC(=O)OC(C)C)OC(C)C. The molecule has 0 heterocycles. The fourth-order valence-corrected chi connectivity index (χ4v) is 1.17. The van der Waals surface area contributed by atoms with Crippen LogP contribution in [0.15, 0.2) is 0 Å². The first-order chi connectivity index (χ1) is 6.45. The summed E-state index contributed by atoms with van der Waals surface area (Å²) in [5.41, 5.74) is 0. The van der Waals surface area contributed by atoms with E-state index in [1.165, 1.54) is 0 Å². The molecule has 0 aliphatic carbocycles. The van der Waals surface area contributed by atoms with Gasteiger partial charge in [0.25, 0.3) is 0 Å². The summed E-state index contributed by atoms with van der Waals surface area (Å²) in [5.74, 6) is -0.174. The highest BCUT2D eigenvalue weighted by molar-refractivity contribution is 5.70. The van der Waals surface area contributed by atoms with Gasteiger partial charge in [-0.1, -0.05) is 6.92 Å². The first kappa shape index (κ1) is 13.4. The quantitative estimate of drug-likeness (QED) is 0.621. The zero-order valence-electron chi connectivity index (χ0n) is 9.87. The Labute approximate surface area is 86.8 Å². The minimum atomic E-state index is -0.174. The summed E-state index contributed by atoms with van der Waals surface area (Å²) in [6.07, 6.45) is 1.30. The van der Waals surface area contributed by atoms with Crippen LogP contribution in [-0.4, -0.2) is 24.3 Å². The maximum absolute atomic E-state index is 11.3. The second-order valence-corrected chi connectivity index (χ2v) is 3.96. The second kappa shape index (κ2) is 6.82. The highest BCUT2D eigenvalue weighted by atomic mass is 16.5. The predicted octanol–water partition coefficient (Wildman–Crippen LogP) is 2.53. The Morgan fingerprint density at radius 1 is 1.14 bits per heavy atom. The van der Waals surface area contributed by atoms with Crippen molar-refractivity contribution in [2.75, 3.05) is 0 Å². The van der Waals surface area contributed by atoms with Crippen LogP contribution >= 0.6 is 0 Å². The van der Waals surface area contributed by atoms with Gasteiger partial charge < -0.3 is 9.47 Å². The molecule has 84 valence electrons. The first-order valence-electron chi connectivity index (χ1n) is 5.30. The summed E-state index contributed by atoms with van der Waals surface area (Å²) in [4.78, 5) is 11.3. The molecule has 0 aromatic heterocycles. The molecule has 0 amide bonds. The molecule has 0 aliphatic heterocycles. The molecule has 0 radical (unpaired) electrons. The lowest BCUT2D eigenvalue weighted by atomic mass is 10.2. The fraction of sp³-hybridized carbons (Fsp3) is 0.909. The minimum Gasteiger partial charge on any atom is -0.463 e. The van der Waals surface area contributed by atoms with E-state index in [9.17, 15) is 4.79 Å². The smallest absolute Gasteiger partial charge is 0.308 e. The Kier molecular flexibility index (Phi) is 6.54. The molecule has 0 saturated carbocycles. The van der Waals surface area contributed by atoms with Crippen LogP contribution in [0.25, 0.3) is 0 Å². The highest BCUT2D eigenvalue weighted by Gasteiger charge is 2.15. The number of ether oxygens (including phenoxy) is 2. The highest BCUT2D eigenvalue weighted by Crippen LogP contribution is 2.08. The van der Waals surface area contributed by atoms with Crippen molar-refractivity contribution in [1.29, 1.82) is 0 Å². The molecule has 0 fully saturated rings. The van der Waals surface area contributed by atoms with Crippen LogP contribution in [0.2, 0.25) is 0 Å². The molecule has 1 atom stereocenters. The van der Waals surface area contributed by atoms with E-state index in [1.807, 2.05) is 34.6 Å². The summed E-state index contributed by atoms with van der Waals surface area (Å²) in [5, 5.41) is 0. The average molecular weight is 202 g/mol. The minimum absolute atomic E-state index is 0.0127. The van der Waals surface area contributed by atoms with Gasteiger partial charge in [-0.2, -0.15) is 0 Å². The van der Waals surface area contributed by atoms with E-state index in [0.29, 0.717) is 6.42 Å². The van der Waals surface area contributed by atoms with Gasteiger partial charge in [0.15, 0.2) is 0 Å². The summed E-state index contributed by atoms with van der Waals surface area (Å²) in [7, 11) is 0. The zero-order chi connectivity index (χ0) is 11.1. The van der Waals surface area contributed by atoms with Crippen LogP contribution in [0.3, 0.4) is 0 Å². The van der Waals surface area contributed by atoms with Gasteiger partial charge in [0.05, 0.1) is 24.7 Å². The van der Waals surface area contributed by atoms with Gasteiger partial charge in [0.1, 0.15) is 0 Å². The number of carbonyl (C=O) groups is 1. The van der Waals surface area contributed by atoms with Crippen LogP contribution in [0, 0.1) is 0 Å². The molecule has 0 bridgehead atoms. The molecule has 3 heteroatoms. The van der Waals surface area contributed by atoms with E-state index < -0.39 is 0 Å². The first-order valence-corrected chi connectivity index (χ1v) is 5.30. The Balaban J connectivity index is 3.86. The van der Waals surface area contributed by atoms with Crippen LogP contribution in [0.4, 0.5) is 0 Å². The van der Waals surface area contributed by atoms with E-state index in [1.54, 1.807) is 0 Å². The number of carbonyl (C=O) groups excluding carboxylic acids is 1. The molecule has 0 aromatic carbocycles. The van der Waals surface area contributed by atoms with Gasteiger partial charge in [-0.05, 0) is 34.1 Å². The molecule has 3 nitrogen and oxygen atoms in total. The monoisotopic (exact) mass is 202 g/mol. The summed E-state index contributed by atoms with van der Waals surface area (Å²) >= 11 is 0. The van der Waals surface area contributed by atoms with Crippen LogP contribution < -0.4 is 0 Å². The third kappa shape index (κ3) is 6.89. The molecule has 0 rings (SSSR count). The molecule has 0 saturated heterocycles. The van der Waals surface area contributed by atoms with Crippen LogP contribution in [-0.2, 0) is 14.3 Å². The van der Waals surface area contributed by atoms with E-state index in [2.05, 4.69) is 0 Å². The summed E-state index contributed by atoms with van der Waals surface area (Å²) < 4.78 is 10.6. The number of hydrogen-bond acceptors (Lipinski definition) is 3. The van der Waals surface area contributed by atoms with E-state index >= 15 is 0 Å². The molecule has 0 aliphatic rings. The van der Waals surface area contributed by atoms with Crippen molar-refractivity contribution in [3.63, 3.8) is 0 Å². The molecule has 0 N–H and O–H groups in total. The van der Waals surface area contributed by atoms with Gasteiger partial charge in [-0.3, -0.25) is 4.79 Å². The Bertz CT molecular complexity index is 164. The Morgan fingerprint density at radius 3 is 2.07 bits per heavy atom. The lowest BCUT2D eigenvalue weighted by Gasteiger charge is -2.18. The van der Waals surface area contributed by atoms with Crippen LogP contribution in [0.1, 0.15) is 47.5 Å². The molecular weight excluding hydrogens is 180 g/mol. The van der Waals surface area contributed by atoms with Crippen LogP contribution in [0.5, 0.6) is 0 Å². The van der Waals surface area contributed by atoms with E-state index in [-0.39, 0.29) is 24.3 Å². The second-order valence-electron chi connectivity index (χ2n) is 3.96. The van der Waals surface area contributed by atoms with Gasteiger partial charge >= 0.3 is 5.97 Å². The lowest BCUT2D eigenvalue weighted by molar-refractivity contribution is -0.151. The number of esters is 1. The van der Waals surface area contributed by atoms with E-state index in [0.717, 1.165) is 6.42 Å². The van der Waals surface area contributed by atoms with Crippen molar-refractivity contribution in [2.24, 2.45) is 0 Å². The van der Waals surface area contributed by atoms with Crippen molar-refractivity contribution < 1.29 is 14.3 Å². The van der Waals surface area contributed by atoms with Gasteiger partial charge in [0, 0.05) is 0 Å². The Morgan fingerprint density at radius 2 is 1.71 bits per heavy atom. The normalized spacial score (nSPS) is 13.4. The molecule has 0 aromatic rings. The van der Waals surface area contributed by atoms with Gasteiger partial charge in [0.2, 0.25) is 0 Å². The van der Waals surface area contributed by atoms with Crippen molar-refractivity contribution in [1.82, 2.24) is 0 Å².